The third kappa shape index (κ3) is 3.45. The standard InChI is InChI=1S/C16H16N4O2S/c1-10-11(2)20-16(19-10)15-6-13(3-4-18-15)14-5-12(7-17-8-14)9-23(21)22/h3-8,23H,9H2,1-2H3,(H,19,20). The lowest BCUT2D eigenvalue weighted by Crippen LogP contribution is -1.91. The molecule has 118 valence electrons. The molecular weight excluding hydrogens is 312 g/mol. The van der Waals surface area contributed by atoms with Crippen LogP contribution in [0.15, 0.2) is 36.8 Å². The number of nitrogens with zero attached hydrogens (tertiary/aromatic N) is 3. The second-order valence-corrected chi connectivity index (χ2v) is 6.28. The molecule has 0 unspecified atom stereocenters. The van der Waals surface area contributed by atoms with E-state index < -0.39 is 10.7 Å². The van der Waals surface area contributed by atoms with Gasteiger partial charge in [0.15, 0.2) is 5.82 Å². The minimum absolute atomic E-state index is 0.00924. The monoisotopic (exact) mass is 328 g/mol. The number of H-pyrrole nitrogens is 1. The van der Waals surface area contributed by atoms with Crippen LogP contribution < -0.4 is 0 Å². The second-order valence-electron chi connectivity index (χ2n) is 5.30. The van der Waals surface area contributed by atoms with Gasteiger partial charge >= 0.3 is 0 Å². The van der Waals surface area contributed by atoms with E-state index in [2.05, 4.69) is 19.9 Å². The average Bonchev–Trinajstić information content (AvgIpc) is 2.87. The van der Waals surface area contributed by atoms with Crippen molar-refractivity contribution in [2.75, 3.05) is 0 Å². The fourth-order valence-corrected chi connectivity index (χ4v) is 2.76. The van der Waals surface area contributed by atoms with E-state index in [1.54, 1.807) is 18.6 Å². The van der Waals surface area contributed by atoms with E-state index in [-0.39, 0.29) is 5.75 Å². The zero-order valence-electron chi connectivity index (χ0n) is 12.8. The minimum Gasteiger partial charge on any atom is -0.341 e. The highest BCUT2D eigenvalue weighted by Crippen LogP contribution is 2.24. The molecule has 0 saturated carbocycles. The molecule has 23 heavy (non-hydrogen) atoms. The molecule has 0 aromatic carbocycles. The van der Waals surface area contributed by atoms with Crippen LogP contribution in [0.4, 0.5) is 0 Å². The van der Waals surface area contributed by atoms with Gasteiger partial charge in [0.1, 0.15) is 16.4 Å². The van der Waals surface area contributed by atoms with Gasteiger partial charge in [0, 0.05) is 29.8 Å². The quantitative estimate of drug-likeness (QED) is 0.717. The first-order valence-corrected chi connectivity index (χ1v) is 8.45. The first kappa shape index (κ1) is 15.4. The van der Waals surface area contributed by atoms with Gasteiger partial charge in [0.2, 0.25) is 0 Å². The minimum atomic E-state index is -2.47. The number of aryl methyl sites for hydroxylation is 2. The lowest BCUT2D eigenvalue weighted by Gasteiger charge is -2.04. The highest BCUT2D eigenvalue weighted by molar-refractivity contribution is 7.71. The van der Waals surface area contributed by atoms with Crippen LogP contribution in [0.5, 0.6) is 0 Å². The number of aromatic nitrogens is 4. The number of nitrogens with one attached hydrogen (secondary N) is 1. The number of rotatable bonds is 4. The van der Waals surface area contributed by atoms with Crippen molar-refractivity contribution in [2.45, 2.75) is 19.6 Å². The van der Waals surface area contributed by atoms with Gasteiger partial charge in [-0.15, -0.1) is 0 Å². The summed E-state index contributed by atoms with van der Waals surface area (Å²) in [6.45, 7) is 3.91. The Morgan fingerprint density at radius 1 is 1.13 bits per heavy atom. The topological polar surface area (TPSA) is 88.6 Å². The second kappa shape index (κ2) is 6.29. The highest BCUT2D eigenvalue weighted by Gasteiger charge is 2.09. The Bertz CT molecular complexity index is 904. The molecule has 1 N–H and O–H groups in total. The van der Waals surface area contributed by atoms with Crippen molar-refractivity contribution < 1.29 is 8.42 Å². The van der Waals surface area contributed by atoms with Crippen molar-refractivity contribution in [1.29, 1.82) is 0 Å². The van der Waals surface area contributed by atoms with Gasteiger partial charge in [0.25, 0.3) is 0 Å². The summed E-state index contributed by atoms with van der Waals surface area (Å²) in [7, 11) is -2.47. The summed E-state index contributed by atoms with van der Waals surface area (Å²) in [5.74, 6) is 0.707. The lowest BCUT2D eigenvalue weighted by molar-refractivity contribution is 0.614. The molecular formula is C16H16N4O2S. The predicted octanol–water partition coefficient (Wildman–Crippen LogP) is 2.26. The molecule has 0 aliphatic heterocycles. The van der Waals surface area contributed by atoms with E-state index >= 15 is 0 Å². The largest absolute Gasteiger partial charge is 0.341 e. The molecule has 3 aromatic rings. The molecule has 7 heteroatoms. The average molecular weight is 328 g/mol. The summed E-state index contributed by atoms with van der Waals surface area (Å²) in [6, 6.07) is 5.61. The molecule has 0 amide bonds. The van der Waals surface area contributed by atoms with Crippen molar-refractivity contribution in [1.82, 2.24) is 19.9 Å². The van der Waals surface area contributed by atoms with Crippen molar-refractivity contribution in [2.24, 2.45) is 0 Å². The smallest absolute Gasteiger partial charge is 0.156 e. The Morgan fingerprint density at radius 2 is 1.96 bits per heavy atom. The number of pyridine rings is 2. The van der Waals surface area contributed by atoms with Crippen molar-refractivity contribution in [3.63, 3.8) is 0 Å². The van der Waals surface area contributed by atoms with Gasteiger partial charge in [-0.25, -0.2) is 13.4 Å². The van der Waals surface area contributed by atoms with Gasteiger partial charge in [0.05, 0.1) is 11.4 Å². The molecule has 3 aromatic heterocycles. The molecule has 0 fully saturated rings. The summed E-state index contributed by atoms with van der Waals surface area (Å²) in [6.07, 6.45) is 4.98. The number of imidazole rings is 1. The molecule has 0 bridgehead atoms. The molecule has 3 rings (SSSR count). The van der Waals surface area contributed by atoms with Crippen molar-refractivity contribution >= 4 is 10.7 Å². The van der Waals surface area contributed by atoms with Crippen LogP contribution >= 0.6 is 0 Å². The Balaban J connectivity index is 1.99. The summed E-state index contributed by atoms with van der Waals surface area (Å²) in [5, 5.41) is 0. The first-order chi connectivity index (χ1) is 11.0. The molecule has 6 nitrogen and oxygen atoms in total. The summed E-state index contributed by atoms with van der Waals surface area (Å²) >= 11 is 0. The number of aromatic amines is 1. The molecule has 0 radical (unpaired) electrons. The number of hydrogen-bond acceptors (Lipinski definition) is 5. The van der Waals surface area contributed by atoms with Crippen LogP contribution in [0.1, 0.15) is 17.0 Å². The molecule has 0 atom stereocenters. The fraction of sp³-hybridized carbons (Fsp3) is 0.188. The zero-order valence-corrected chi connectivity index (χ0v) is 13.7. The van der Waals surface area contributed by atoms with Gasteiger partial charge in [-0.3, -0.25) is 9.97 Å². The molecule has 0 saturated heterocycles. The van der Waals surface area contributed by atoms with Gasteiger partial charge in [-0.2, -0.15) is 0 Å². The summed E-state index contributed by atoms with van der Waals surface area (Å²) < 4.78 is 21.8. The van der Waals surface area contributed by atoms with E-state index in [1.165, 1.54) is 0 Å². The zero-order chi connectivity index (χ0) is 16.4. The third-order valence-corrected chi connectivity index (χ3v) is 4.19. The van der Waals surface area contributed by atoms with Crippen LogP contribution in [-0.4, -0.2) is 28.4 Å². The van der Waals surface area contributed by atoms with Crippen molar-refractivity contribution in [3.8, 4) is 22.6 Å². The van der Waals surface area contributed by atoms with E-state index in [9.17, 15) is 8.42 Å². The Morgan fingerprint density at radius 3 is 2.65 bits per heavy atom. The number of hydrogen-bond donors (Lipinski definition) is 2. The van der Waals surface area contributed by atoms with Crippen LogP contribution in [0, 0.1) is 13.8 Å². The lowest BCUT2D eigenvalue weighted by atomic mass is 10.1. The van der Waals surface area contributed by atoms with Crippen molar-refractivity contribution in [3.05, 3.63) is 53.7 Å². The van der Waals surface area contributed by atoms with Gasteiger partial charge < -0.3 is 4.98 Å². The normalized spacial score (nSPS) is 11.1. The molecule has 0 aliphatic carbocycles. The van der Waals surface area contributed by atoms with Crippen LogP contribution in [0.25, 0.3) is 22.6 Å². The highest BCUT2D eigenvalue weighted by atomic mass is 32.2. The van der Waals surface area contributed by atoms with Gasteiger partial charge in [-0.1, -0.05) is 0 Å². The van der Waals surface area contributed by atoms with E-state index in [1.807, 2.05) is 32.0 Å². The van der Waals surface area contributed by atoms with E-state index in [0.29, 0.717) is 11.4 Å². The number of thiol groups is 1. The summed E-state index contributed by atoms with van der Waals surface area (Å²) in [5.41, 5.74) is 5.12. The molecule has 0 aliphatic rings. The predicted molar refractivity (Wildman–Crippen MR) is 88.5 cm³/mol. The Kier molecular flexibility index (Phi) is 4.20. The molecule has 0 spiro atoms. The maximum absolute atomic E-state index is 10.9. The Hall–Kier alpha value is -2.54. The van der Waals surface area contributed by atoms with Crippen LogP contribution in [-0.2, 0) is 16.5 Å². The first-order valence-electron chi connectivity index (χ1n) is 7.08. The maximum atomic E-state index is 10.9. The Labute approximate surface area is 135 Å². The third-order valence-electron chi connectivity index (χ3n) is 3.57. The fourth-order valence-electron chi connectivity index (χ4n) is 2.29. The van der Waals surface area contributed by atoms with Gasteiger partial charge in [-0.05, 0) is 43.2 Å². The SMILES string of the molecule is Cc1nc(-c2cc(-c3cncc(C[SH](=O)=O)c3)ccn2)[nH]c1C. The van der Waals surface area contributed by atoms with Crippen LogP contribution in [0.3, 0.4) is 0 Å². The van der Waals surface area contributed by atoms with Crippen LogP contribution in [0.2, 0.25) is 0 Å². The maximum Gasteiger partial charge on any atom is 0.156 e. The van der Waals surface area contributed by atoms with E-state index in [4.69, 9.17) is 0 Å². The van der Waals surface area contributed by atoms with E-state index in [0.717, 1.165) is 28.2 Å². The summed E-state index contributed by atoms with van der Waals surface area (Å²) in [4.78, 5) is 16.1. The molecule has 3 heterocycles.